The van der Waals surface area contributed by atoms with E-state index >= 15 is 0 Å². The van der Waals surface area contributed by atoms with Crippen molar-refractivity contribution in [1.82, 2.24) is 0 Å². The van der Waals surface area contributed by atoms with Crippen molar-refractivity contribution in [2.24, 2.45) is 0 Å². The van der Waals surface area contributed by atoms with Crippen LogP contribution in [0, 0.1) is 22.3 Å². The Labute approximate surface area is 147 Å². The molecule has 0 atom stereocenters. The van der Waals surface area contributed by atoms with E-state index < -0.39 is 0 Å². The molecule has 4 heteroatoms. The zero-order chi connectivity index (χ0) is 10.7. The van der Waals surface area contributed by atoms with Crippen LogP contribution in [0.2, 0.25) is 52.1 Å². The molecule has 0 bridgehead atoms. The molecule has 0 heterocycles. The van der Waals surface area contributed by atoms with Gasteiger partial charge in [0.2, 0.25) is 0 Å². The Hall–Kier alpha value is 2.70. The zero-order valence-corrected chi connectivity index (χ0v) is 20.6. The zero-order valence-electron chi connectivity index (χ0n) is 14.3. The summed E-state index contributed by atoms with van der Waals surface area (Å²) in [5, 5.41) is 0. The maximum absolute atomic E-state index is 2.31. The van der Waals surface area contributed by atoms with E-state index in [2.05, 4.69) is 52.1 Å². The van der Waals surface area contributed by atoms with Gasteiger partial charge in [0.25, 0.3) is 42.4 Å². The van der Waals surface area contributed by atoms with Crippen LogP contribution < -0.4 is 0 Å². The Bertz CT molecular complexity index is 44.8. The summed E-state index contributed by atoms with van der Waals surface area (Å²) in [5.74, 6) is 20.8. The summed E-state index contributed by atoms with van der Waals surface area (Å²) in [7, 11) is 0. The van der Waals surface area contributed by atoms with Crippen LogP contribution in [0.1, 0.15) is 0 Å². The predicted molar refractivity (Wildman–Crippen MR) is 89.3 cm³/mol. The minimum Gasteiger partial charge on any atom is -0.358 e. The van der Waals surface area contributed by atoms with Gasteiger partial charge in [-0.1, -0.05) is 0 Å². The SMILES string of the molecule is [CH3-].[CH3-].[CH3-].[CH3][Al]([CH3])[CH3].[CH3][Al]([CH3])[CH3].[CH3][Al]([CH3])[CH3].[Y+3]. The fourth-order valence-corrected chi connectivity index (χ4v) is 0. The fraction of sp³-hybridized carbons (Fsp3) is 0.750. The van der Waals surface area contributed by atoms with Gasteiger partial charge in [0, 0.05) is 0 Å². The van der Waals surface area contributed by atoms with Crippen molar-refractivity contribution < 1.29 is 32.7 Å². The Morgan fingerprint density at radius 3 is 0.375 bits per heavy atom. The summed E-state index contributed by atoms with van der Waals surface area (Å²) < 4.78 is 0. The molecule has 0 saturated carbocycles. The number of rotatable bonds is 0. The van der Waals surface area contributed by atoms with Crippen LogP contribution in [0.3, 0.4) is 0 Å². The quantitative estimate of drug-likeness (QED) is 0.402. The van der Waals surface area contributed by atoms with Gasteiger partial charge in [0.15, 0.2) is 0 Å². The summed E-state index contributed by atoms with van der Waals surface area (Å²) in [4.78, 5) is 0. The van der Waals surface area contributed by atoms with E-state index in [1.54, 1.807) is 0 Å². The van der Waals surface area contributed by atoms with E-state index in [0.29, 0.717) is 0 Å². The monoisotopic (exact) mass is 350 g/mol. The molecule has 0 aromatic rings. The van der Waals surface area contributed by atoms with Gasteiger partial charge in [-0.25, -0.2) is 0 Å². The third-order valence-electron chi connectivity index (χ3n) is 0. The van der Waals surface area contributed by atoms with Crippen LogP contribution in [0.5, 0.6) is 0 Å². The average molecular weight is 350 g/mol. The van der Waals surface area contributed by atoms with E-state index in [1.165, 1.54) is 0 Å². The molecule has 0 aliphatic rings. The molecule has 0 radical (unpaired) electrons. The molecule has 0 unspecified atom stereocenters. The molecule has 0 aromatic carbocycles. The van der Waals surface area contributed by atoms with E-state index in [1.807, 2.05) is 0 Å². The van der Waals surface area contributed by atoms with Gasteiger partial charge in [-0.15, -0.1) is 52.1 Å². The van der Waals surface area contributed by atoms with Crippen molar-refractivity contribution in [3.63, 3.8) is 0 Å². The van der Waals surface area contributed by atoms with Gasteiger partial charge in [-0.3, -0.25) is 0 Å². The molecule has 0 aromatic heterocycles. The first-order valence-electron chi connectivity index (χ1n) is 5.20. The van der Waals surface area contributed by atoms with E-state index in [9.17, 15) is 0 Å². The first-order valence-corrected chi connectivity index (χ1v) is 15.6. The molecule has 0 spiro atoms. The summed E-state index contributed by atoms with van der Waals surface area (Å²) in [6.45, 7) is 0. The van der Waals surface area contributed by atoms with Crippen molar-refractivity contribution in [3.05, 3.63) is 22.3 Å². The van der Waals surface area contributed by atoms with Crippen molar-refractivity contribution in [3.8, 4) is 0 Å². The number of hydrogen-bond acceptors (Lipinski definition) is 0. The maximum Gasteiger partial charge on any atom is 3.00 e. The fourth-order valence-electron chi connectivity index (χ4n) is 0. The van der Waals surface area contributed by atoms with Crippen molar-refractivity contribution >= 4 is 42.4 Å². The van der Waals surface area contributed by atoms with E-state index in [-0.39, 0.29) is 97.4 Å². The van der Waals surface area contributed by atoms with E-state index in [0.717, 1.165) is 0 Å². The second kappa shape index (κ2) is 36.1. The topological polar surface area (TPSA) is 0 Å². The van der Waals surface area contributed by atoms with Crippen LogP contribution in [0.4, 0.5) is 0 Å². The second-order valence-electron chi connectivity index (χ2n) is 5.20. The first kappa shape index (κ1) is 42.8. The van der Waals surface area contributed by atoms with Crippen molar-refractivity contribution in [1.29, 1.82) is 0 Å². The largest absolute Gasteiger partial charge is 3.00 e. The number of hydrogen-bond donors (Lipinski definition) is 0. The Kier molecular flexibility index (Phi) is 96.5. The third kappa shape index (κ3) is 564. The molecule has 0 fully saturated rings. The van der Waals surface area contributed by atoms with Gasteiger partial charge in [-0.2, -0.15) is 0 Å². The van der Waals surface area contributed by atoms with Gasteiger partial charge in [-0.05, 0) is 0 Å². The summed E-state index contributed by atoms with van der Waals surface area (Å²) >= 11 is -0.417. The summed E-state index contributed by atoms with van der Waals surface area (Å²) in [6.07, 6.45) is 0. The molecule has 96 valence electrons. The second-order valence-corrected chi connectivity index (χ2v) is 15.6. The van der Waals surface area contributed by atoms with Crippen LogP contribution in [0.25, 0.3) is 0 Å². The molecule has 0 nitrogen and oxygen atoms in total. The predicted octanol–water partition coefficient (Wildman–Crippen LogP) is 5.46. The minimum atomic E-state index is -0.139. The van der Waals surface area contributed by atoms with Gasteiger partial charge < -0.3 is 22.3 Å². The van der Waals surface area contributed by atoms with Crippen LogP contribution in [-0.4, -0.2) is 42.4 Å². The molecular formula is C12H36Al3Y. The minimum absolute atomic E-state index is 0. The summed E-state index contributed by atoms with van der Waals surface area (Å²) in [5.41, 5.74) is 0. The standard InChI is InChI=1S/12CH3.3Al.Y/h12*1H3;;;;/q;;;;;;;;;3*-1;;;;+3. The Morgan fingerprint density at radius 1 is 0.375 bits per heavy atom. The van der Waals surface area contributed by atoms with Crippen LogP contribution in [0.15, 0.2) is 0 Å². The Morgan fingerprint density at radius 2 is 0.375 bits per heavy atom. The smallest absolute Gasteiger partial charge is 0.358 e. The Balaban J connectivity index is -0.0000000135. The third-order valence-corrected chi connectivity index (χ3v) is 0. The van der Waals surface area contributed by atoms with Gasteiger partial charge in [0.05, 0.1) is 0 Å². The molecule has 0 rings (SSSR count). The average Bonchev–Trinajstić information content (AvgIpc) is 1.54. The van der Waals surface area contributed by atoms with Gasteiger partial charge >= 0.3 is 32.7 Å². The molecule has 0 saturated heterocycles. The van der Waals surface area contributed by atoms with Crippen molar-refractivity contribution in [2.75, 3.05) is 0 Å². The molecule has 0 aliphatic carbocycles. The van der Waals surface area contributed by atoms with Crippen LogP contribution >= 0.6 is 0 Å². The molecule has 0 aliphatic heterocycles. The normalized spacial score (nSPS) is 5.06. The first-order chi connectivity index (χ1) is 5.20. The van der Waals surface area contributed by atoms with E-state index in [4.69, 9.17) is 0 Å². The molecule has 0 amide bonds. The maximum atomic E-state index is 2.31. The van der Waals surface area contributed by atoms with Crippen molar-refractivity contribution in [2.45, 2.75) is 52.1 Å². The summed E-state index contributed by atoms with van der Waals surface area (Å²) in [6, 6.07) is 0. The molecule has 16 heavy (non-hydrogen) atoms. The van der Waals surface area contributed by atoms with Gasteiger partial charge in [0.1, 0.15) is 0 Å². The van der Waals surface area contributed by atoms with Crippen LogP contribution in [-0.2, 0) is 32.7 Å². The molecular weight excluding hydrogens is 314 g/mol. The molecule has 0 N–H and O–H groups in total.